The van der Waals surface area contributed by atoms with E-state index in [2.05, 4.69) is 20.8 Å². The lowest BCUT2D eigenvalue weighted by atomic mass is 9.76. The van der Waals surface area contributed by atoms with Crippen LogP contribution in [0.2, 0.25) is 0 Å². The number of ether oxygens (including phenoxy) is 1. The van der Waals surface area contributed by atoms with Crippen LogP contribution in [0.1, 0.15) is 47.0 Å². The highest BCUT2D eigenvalue weighted by Crippen LogP contribution is 2.34. The van der Waals surface area contributed by atoms with E-state index in [1.165, 1.54) is 19.8 Å². The predicted octanol–water partition coefficient (Wildman–Crippen LogP) is 3.01. The van der Waals surface area contributed by atoms with E-state index in [0.29, 0.717) is 11.8 Å². The Balaban J connectivity index is 2.50. The molecule has 1 aliphatic rings. The summed E-state index contributed by atoms with van der Waals surface area (Å²) in [5.74, 6) is 1.84. The Morgan fingerprint density at radius 1 is 1.36 bits per heavy atom. The first-order valence-corrected chi connectivity index (χ1v) is 5.68. The summed E-state index contributed by atoms with van der Waals surface area (Å²) in [6.45, 7) is 8.20. The van der Waals surface area contributed by atoms with Crippen molar-refractivity contribution in [2.24, 2.45) is 17.8 Å². The number of hydrogen-bond acceptors (Lipinski definition) is 2. The van der Waals surface area contributed by atoms with Gasteiger partial charge in [0.25, 0.3) is 0 Å². The topological polar surface area (TPSA) is 26.3 Å². The summed E-state index contributed by atoms with van der Waals surface area (Å²) >= 11 is 0. The molecule has 0 heterocycles. The second-order valence-corrected chi connectivity index (χ2v) is 4.94. The van der Waals surface area contributed by atoms with Crippen molar-refractivity contribution >= 4 is 5.97 Å². The number of rotatable bonds is 2. The third-order valence-corrected chi connectivity index (χ3v) is 3.42. The van der Waals surface area contributed by atoms with Gasteiger partial charge in [-0.25, -0.2) is 0 Å². The zero-order valence-corrected chi connectivity index (χ0v) is 9.75. The molecular weight excluding hydrogens is 176 g/mol. The van der Waals surface area contributed by atoms with Gasteiger partial charge in [-0.15, -0.1) is 0 Å². The molecule has 0 aromatic carbocycles. The molecular formula is C12H22O2. The molecule has 1 fully saturated rings. The fourth-order valence-electron chi connectivity index (χ4n) is 2.29. The Morgan fingerprint density at radius 2 is 2.00 bits per heavy atom. The third kappa shape index (κ3) is 3.00. The maximum Gasteiger partial charge on any atom is 0.302 e. The quantitative estimate of drug-likeness (QED) is 0.637. The first kappa shape index (κ1) is 11.5. The van der Waals surface area contributed by atoms with E-state index in [-0.39, 0.29) is 12.1 Å². The third-order valence-electron chi connectivity index (χ3n) is 3.42. The maximum absolute atomic E-state index is 10.9. The smallest absolute Gasteiger partial charge is 0.302 e. The SMILES string of the molecule is CC(=O)O[C@H]1C[C@@H](C(C)C)CC[C@@H]1C. The van der Waals surface area contributed by atoms with Crippen LogP contribution in [0.5, 0.6) is 0 Å². The maximum atomic E-state index is 10.9. The van der Waals surface area contributed by atoms with Gasteiger partial charge >= 0.3 is 5.97 Å². The molecule has 1 saturated carbocycles. The summed E-state index contributed by atoms with van der Waals surface area (Å²) < 4.78 is 5.34. The van der Waals surface area contributed by atoms with Gasteiger partial charge < -0.3 is 4.74 Å². The first-order chi connectivity index (χ1) is 6.50. The molecule has 2 nitrogen and oxygen atoms in total. The standard InChI is InChI=1S/C12H22O2/c1-8(2)11-6-5-9(3)12(7-11)14-10(4)13/h8-9,11-12H,5-7H2,1-4H3/t9-,11-,12-/m0/s1. The Hall–Kier alpha value is -0.530. The Morgan fingerprint density at radius 3 is 2.50 bits per heavy atom. The van der Waals surface area contributed by atoms with Gasteiger partial charge in [0.2, 0.25) is 0 Å². The molecule has 1 rings (SSSR count). The minimum atomic E-state index is -0.133. The molecule has 0 aliphatic heterocycles. The molecule has 0 N–H and O–H groups in total. The van der Waals surface area contributed by atoms with E-state index >= 15 is 0 Å². The highest BCUT2D eigenvalue weighted by atomic mass is 16.5. The average molecular weight is 198 g/mol. The van der Waals surface area contributed by atoms with Gasteiger partial charge in [-0.05, 0) is 37.0 Å². The van der Waals surface area contributed by atoms with E-state index in [1.807, 2.05) is 0 Å². The summed E-state index contributed by atoms with van der Waals surface area (Å²) in [6.07, 6.45) is 3.70. The van der Waals surface area contributed by atoms with Gasteiger partial charge in [-0.1, -0.05) is 20.8 Å². The molecule has 0 aromatic rings. The second kappa shape index (κ2) is 4.81. The molecule has 0 bridgehead atoms. The molecule has 0 saturated heterocycles. The van der Waals surface area contributed by atoms with Crippen molar-refractivity contribution in [3.63, 3.8) is 0 Å². The van der Waals surface area contributed by atoms with Gasteiger partial charge in [-0.3, -0.25) is 4.79 Å². The van der Waals surface area contributed by atoms with E-state index < -0.39 is 0 Å². The fraction of sp³-hybridized carbons (Fsp3) is 0.917. The minimum absolute atomic E-state index is 0.133. The zero-order chi connectivity index (χ0) is 10.7. The van der Waals surface area contributed by atoms with Crippen LogP contribution in [0, 0.1) is 17.8 Å². The number of esters is 1. The largest absolute Gasteiger partial charge is 0.462 e. The average Bonchev–Trinajstić information content (AvgIpc) is 2.07. The highest BCUT2D eigenvalue weighted by molar-refractivity contribution is 5.66. The molecule has 82 valence electrons. The van der Waals surface area contributed by atoms with Gasteiger partial charge in [0.15, 0.2) is 0 Å². The fourth-order valence-corrected chi connectivity index (χ4v) is 2.29. The van der Waals surface area contributed by atoms with Crippen molar-refractivity contribution in [1.82, 2.24) is 0 Å². The molecule has 3 atom stereocenters. The highest BCUT2D eigenvalue weighted by Gasteiger charge is 2.30. The van der Waals surface area contributed by atoms with Gasteiger partial charge in [-0.2, -0.15) is 0 Å². The van der Waals surface area contributed by atoms with E-state index in [1.54, 1.807) is 0 Å². The van der Waals surface area contributed by atoms with Gasteiger partial charge in [0.05, 0.1) is 0 Å². The molecule has 0 spiro atoms. The van der Waals surface area contributed by atoms with Crippen molar-refractivity contribution in [2.45, 2.75) is 53.1 Å². The lowest BCUT2D eigenvalue weighted by Gasteiger charge is -2.35. The summed E-state index contributed by atoms with van der Waals surface area (Å²) in [7, 11) is 0. The van der Waals surface area contributed by atoms with Crippen LogP contribution in [-0.2, 0) is 9.53 Å². The van der Waals surface area contributed by atoms with Crippen molar-refractivity contribution < 1.29 is 9.53 Å². The molecule has 0 aromatic heterocycles. The van der Waals surface area contributed by atoms with Crippen LogP contribution in [0.3, 0.4) is 0 Å². The lowest BCUT2D eigenvalue weighted by molar-refractivity contribution is -0.151. The molecule has 0 amide bonds. The summed E-state index contributed by atoms with van der Waals surface area (Å²) in [5, 5.41) is 0. The summed E-state index contributed by atoms with van der Waals surface area (Å²) in [4.78, 5) is 10.9. The lowest BCUT2D eigenvalue weighted by Crippen LogP contribution is -2.33. The normalized spacial score (nSPS) is 33.1. The van der Waals surface area contributed by atoms with Gasteiger partial charge in [0.1, 0.15) is 6.10 Å². The summed E-state index contributed by atoms with van der Waals surface area (Å²) in [6, 6.07) is 0. The molecule has 2 heteroatoms. The molecule has 0 radical (unpaired) electrons. The van der Waals surface area contributed by atoms with E-state index in [4.69, 9.17) is 4.74 Å². The van der Waals surface area contributed by atoms with Crippen molar-refractivity contribution in [3.05, 3.63) is 0 Å². The Bertz CT molecular complexity index is 198. The van der Waals surface area contributed by atoms with E-state index in [9.17, 15) is 4.79 Å². The zero-order valence-electron chi connectivity index (χ0n) is 9.75. The van der Waals surface area contributed by atoms with E-state index in [0.717, 1.165) is 12.3 Å². The van der Waals surface area contributed by atoms with Crippen LogP contribution >= 0.6 is 0 Å². The van der Waals surface area contributed by atoms with Crippen molar-refractivity contribution in [3.8, 4) is 0 Å². The minimum Gasteiger partial charge on any atom is -0.462 e. The Labute approximate surface area is 87.0 Å². The van der Waals surface area contributed by atoms with Crippen molar-refractivity contribution in [2.75, 3.05) is 0 Å². The van der Waals surface area contributed by atoms with Crippen LogP contribution in [-0.4, -0.2) is 12.1 Å². The number of hydrogen-bond donors (Lipinski definition) is 0. The number of carbonyl (C=O) groups excluding carboxylic acids is 1. The molecule has 1 aliphatic carbocycles. The van der Waals surface area contributed by atoms with Gasteiger partial charge in [0, 0.05) is 6.92 Å². The summed E-state index contributed by atoms with van der Waals surface area (Å²) in [5.41, 5.74) is 0. The van der Waals surface area contributed by atoms with Crippen LogP contribution in [0.25, 0.3) is 0 Å². The molecule has 0 unspecified atom stereocenters. The Kier molecular flexibility index (Phi) is 3.97. The number of carbonyl (C=O) groups is 1. The first-order valence-electron chi connectivity index (χ1n) is 5.68. The van der Waals surface area contributed by atoms with Crippen LogP contribution in [0.15, 0.2) is 0 Å². The predicted molar refractivity (Wildman–Crippen MR) is 56.9 cm³/mol. The second-order valence-electron chi connectivity index (χ2n) is 4.94. The monoisotopic (exact) mass is 198 g/mol. The molecule has 14 heavy (non-hydrogen) atoms. The van der Waals surface area contributed by atoms with Crippen molar-refractivity contribution in [1.29, 1.82) is 0 Å². The van der Waals surface area contributed by atoms with Crippen LogP contribution in [0.4, 0.5) is 0 Å². The van der Waals surface area contributed by atoms with Crippen LogP contribution < -0.4 is 0 Å².